The van der Waals surface area contributed by atoms with Crippen LogP contribution in [-0.4, -0.2) is 22.2 Å². The minimum Gasteiger partial charge on any atom is -0.481 e. The first-order valence-corrected chi connectivity index (χ1v) is 2.17. The van der Waals surface area contributed by atoms with Crippen molar-refractivity contribution in [2.24, 2.45) is 0 Å². The molecule has 0 saturated heterocycles. The van der Waals surface area contributed by atoms with Gasteiger partial charge in [0.05, 0.1) is 6.42 Å². The van der Waals surface area contributed by atoms with Crippen molar-refractivity contribution < 1.29 is 19.8 Å². The standard InChI is InChI=1S/C5H6O4.2H3N/c1-3(5(8)9)2-4(6)7;;/h1-2H2,(H,6,7)(H,8,9);2*1H3/p+2. The van der Waals surface area contributed by atoms with Gasteiger partial charge in [-0.25, -0.2) is 4.79 Å². The zero-order valence-electron chi connectivity index (χ0n) is 6.63. The highest BCUT2D eigenvalue weighted by molar-refractivity contribution is 5.91. The molecule has 6 heteroatoms. The molecule has 66 valence electrons. The molecule has 0 aromatic rings. The van der Waals surface area contributed by atoms with Crippen LogP contribution in [0.4, 0.5) is 0 Å². The summed E-state index contributed by atoms with van der Waals surface area (Å²) in [5.41, 5.74) is -0.303. The number of quaternary nitrogens is 2. The van der Waals surface area contributed by atoms with Crippen LogP contribution in [0.3, 0.4) is 0 Å². The van der Waals surface area contributed by atoms with E-state index in [1.165, 1.54) is 0 Å². The number of carbonyl (C=O) groups is 2. The van der Waals surface area contributed by atoms with Crippen LogP contribution >= 0.6 is 0 Å². The lowest BCUT2D eigenvalue weighted by molar-refractivity contribution is -0.139. The van der Waals surface area contributed by atoms with E-state index in [4.69, 9.17) is 10.2 Å². The van der Waals surface area contributed by atoms with Gasteiger partial charge in [0.15, 0.2) is 0 Å². The Labute approximate surface area is 63.7 Å². The van der Waals surface area contributed by atoms with Crippen molar-refractivity contribution in [1.82, 2.24) is 12.3 Å². The number of aliphatic carboxylic acids is 2. The fourth-order valence-electron chi connectivity index (χ4n) is 0.258. The lowest BCUT2D eigenvalue weighted by Crippen LogP contribution is -2.04. The number of carboxylic acids is 2. The second-order valence-corrected chi connectivity index (χ2v) is 1.48. The Morgan fingerprint density at radius 3 is 1.64 bits per heavy atom. The molecule has 0 atom stereocenters. The molecule has 0 aromatic carbocycles. The first-order chi connectivity index (χ1) is 4.04. The molecule has 0 radical (unpaired) electrons. The first kappa shape index (κ1) is 16.3. The normalized spacial score (nSPS) is 6.91. The predicted molar refractivity (Wildman–Crippen MR) is 41.0 cm³/mol. The summed E-state index contributed by atoms with van der Waals surface area (Å²) in [4.78, 5) is 19.7. The topological polar surface area (TPSA) is 148 Å². The fourth-order valence-corrected chi connectivity index (χ4v) is 0.258. The SMILES string of the molecule is C=C(CC(=O)O)C(=O)O.[NH4+].[NH4+]. The average molecular weight is 166 g/mol. The second kappa shape index (κ2) is 6.72. The molecule has 10 N–H and O–H groups in total. The molecule has 6 nitrogen and oxygen atoms in total. The van der Waals surface area contributed by atoms with Crippen molar-refractivity contribution >= 4 is 11.9 Å². The molecule has 0 spiro atoms. The minimum atomic E-state index is -1.27. The highest BCUT2D eigenvalue weighted by atomic mass is 16.4. The summed E-state index contributed by atoms with van der Waals surface area (Å²) in [6.07, 6.45) is -0.505. The van der Waals surface area contributed by atoms with Crippen LogP contribution in [0.2, 0.25) is 0 Å². The van der Waals surface area contributed by atoms with Gasteiger partial charge in [-0.05, 0) is 0 Å². The summed E-state index contributed by atoms with van der Waals surface area (Å²) in [5, 5.41) is 16.1. The Morgan fingerprint density at radius 2 is 1.55 bits per heavy atom. The summed E-state index contributed by atoms with van der Waals surface area (Å²) in [6, 6.07) is 0. The maximum Gasteiger partial charge on any atom is 0.331 e. The van der Waals surface area contributed by atoms with Gasteiger partial charge in [-0.1, -0.05) is 6.58 Å². The minimum absolute atomic E-state index is 0. The van der Waals surface area contributed by atoms with Crippen LogP contribution < -0.4 is 12.3 Å². The fraction of sp³-hybridized carbons (Fsp3) is 0.200. The number of rotatable bonds is 3. The van der Waals surface area contributed by atoms with E-state index in [1.54, 1.807) is 0 Å². The Balaban J connectivity index is -0.000000320. The van der Waals surface area contributed by atoms with Gasteiger partial charge in [-0.3, -0.25) is 4.79 Å². The van der Waals surface area contributed by atoms with Crippen molar-refractivity contribution in [3.8, 4) is 0 Å². The highest BCUT2D eigenvalue weighted by Crippen LogP contribution is 1.95. The zero-order valence-corrected chi connectivity index (χ0v) is 6.63. The third kappa shape index (κ3) is 8.60. The van der Waals surface area contributed by atoms with Crippen LogP contribution in [0, 0.1) is 0 Å². The van der Waals surface area contributed by atoms with Gasteiger partial charge in [-0.15, -0.1) is 0 Å². The third-order valence-corrected chi connectivity index (χ3v) is 0.667. The average Bonchev–Trinajstić information content (AvgIpc) is 1.63. The molecule has 0 rings (SSSR count). The smallest absolute Gasteiger partial charge is 0.331 e. The van der Waals surface area contributed by atoms with Gasteiger partial charge < -0.3 is 22.5 Å². The molecule has 0 saturated carbocycles. The number of carboxylic acid groups (broad SMARTS) is 2. The molecule has 11 heavy (non-hydrogen) atoms. The highest BCUT2D eigenvalue weighted by Gasteiger charge is 2.07. The van der Waals surface area contributed by atoms with Gasteiger partial charge in [0, 0.05) is 5.57 Å². The first-order valence-electron chi connectivity index (χ1n) is 2.17. The third-order valence-electron chi connectivity index (χ3n) is 0.667. The Morgan fingerprint density at radius 1 is 1.18 bits per heavy atom. The summed E-state index contributed by atoms with van der Waals surface area (Å²) in [5.74, 6) is -2.44. The number of hydrogen-bond donors (Lipinski definition) is 4. The van der Waals surface area contributed by atoms with E-state index in [-0.39, 0.29) is 17.9 Å². The van der Waals surface area contributed by atoms with Gasteiger partial charge in [0.25, 0.3) is 0 Å². The molecule has 0 aliphatic rings. The van der Waals surface area contributed by atoms with Crippen molar-refractivity contribution in [2.45, 2.75) is 6.42 Å². The monoisotopic (exact) mass is 166 g/mol. The maximum atomic E-state index is 9.87. The van der Waals surface area contributed by atoms with E-state index in [1.807, 2.05) is 0 Å². The summed E-state index contributed by atoms with van der Waals surface area (Å²) in [7, 11) is 0. The van der Waals surface area contributed by atoms with Gasteiger partial charge in [0.1, 0.15) is 0 Å². The Bertz CT molecular complexity index is 166. The molecule has 0 bridgehead atoms. The van der Waals surface area contributed by atoms with Crippen LogP contribution in [0.15, 0.2) is 12.2 Å². The van der Waals surface area contributed by atoms with Crippen molar-refractivity contribution in [3.05, 3.63) is 12.2 Å². The Hall–Kier alpha value is -1.40. The molecular weight excluding hydrogens is 152 g/mol. The summed E-state index contributed by atoms with van der Waals surface area (Å²) in [6.45, 7) is 3.01. The largest absolute Gasteiger partial charge is 0.481 e. The van der Waals surface area contributed by atoms with Crippen LogP contribution in [0.5, 0.6) is 0 Å². The summed E-state index contributed by atoms with van der Waals surface area (Å²) < 4.78 is 0. The predicted octanol–water partition coefficient (Wildman–Crippen LogP) is 0.854. The van der Waals surface area contributed by atoms with Gasteiger partial charge >= 0.3 is 11.9 Å². The molecule has 0 unspecified atom stereocenters. The van der Waals surface area contributed by atoms with Crippen LogP contribution in [0.25, 0.3) is 0 Å². The van der Waals surface area contributed by atoms with Crippen molar-refractivity contribution in [3.63, 3.8) is 0 Å². The van der Waals surface area contributed by atoms with Crippen LogP contribution in [0.1, 0.15) is 6.42 Å². The van der Waals surface area contributed by atoms with Gasteiger partial charge in [-0.2, -0.15) is 0 Å². The molecule has 0 aliphatic carbocycles. The molecule has 0 fully saturated rings. The molecule has 0 aromatic heterocycles. The zero-order chi connectivity index (χ0) is 7.44. The lowest BCUT2D eigenvalue weighted by Gasteiger charge is -1.91. The van der Waals surface area contributed by atoms with E-state index in [2.05, 4.69) is 6.58 Å². The second-order valence-electron chi connectivity index (χ2n) is 1.48. The van der Waals surface area contributed by atoms with E-state index in [0.717, 1.165) is 0 Å². The maximum absolute atomic E-state index is 9.87. The van der Waals surface area contributed by atoms with Crippen molar-refractivity contribution in [2.75, 3.05) is 0 Å². The molecular formula is C5H14N2O4+2. The van der Waals surface area contributed by atoms with Crippen molar-refractivity contribution in [1.29, 1.82) is 0 Å². The quantitative estimate of drug-likeness (QED) is 0.460. The van der Waals surface area contributed by atoms with E-state index in [0.29, 0.717) is 0 Å². The molecule has 0 aliphatic heterocycles. The number of hydrogen-bond acceptors (Lipinski definition) is 2. The van der Waals surface area contributed by atoms with Crippen LogP contribution in [-0.2, 0) is 9.59 Å². The summed E-state index contributed by atoms with van der Waals surface area (Å²) >= 11 is 0. The Kier molecular flexibility index (Phi) is 9.95. The van der Waals surface area contributed by atoms with E-state index < -0.39 is 18.4 Å². The lowest BCUT2D eigenvalue weighted by atomic mass is 10.2. The molecule has 0 amide bonds. The van der Waals surface area contributed by atoms with Gasteiger partial charge in [0.2, 0.25) is 0 Å². The van der Waals surface area contributed by atoms with E-state index in [9.17, 15) is 9.59 Å². The molecule has 0 heterocycles. The van der Waals surface area contributed by atoms with E-state index >= 15 is 0 Å².